The lowest BCUT2D eigenvalue weighted by Gasteiger charge is -2.07. The molecule has 1 aromatic heterocycles. The third-order valence-corrected chi connectivity index (χ3v) is 2.47. The largest absolute Gasteiger partial charge is 0.508 e. The van der Waals surface area contributed by atoms with Crippen molar-refractivity contribution in [3.63, 3.8) is 0 Å². The van der Waals surface area contributed by atoms with Crippen molar-refractivity contribution in [3.05, 3.63) is 47.3 Å². The first-order valence-corrected chi connectivity index (χ1v) is 5.14. The standard InChI is InChI=1S/C12H12N2O3/c1-8-10(3-2-4-11(8)15)12(16)13-7-9-5-6-17-14-9/h2-6,15H,7H2,1H3,(H,13,16). The Morgan fingerprint density at radius 2 is 2.29 bits per heavy atom. The van der Waals surface area contributed by atoms with Gasteiger partial charge >= 0.3 is 0 Å². The fourth-order valence-electron chi connectivity index (χ4n) is 1.46. The topological polar surface area (TPSA) is 75.4 Å². The van der Waals surface area contributed by atoms with Crippen molar-refractivity contribution in [2.24, 2.45) is 0 Å². The van der Waals surface area contributed by atoms with Gasteiger partial charge in [0.05, 0.1) is 6.54 Å². The van der Waals surface area contributed by atoms with E-state index in [1.807, 2.05) is 0 Å². The monoisotopic (exact) mass is 232 g/mol. The highest BCUT2D eigenvalue weighted by molar-refractivity contribution is 5.96. The first-order valence-electron chi connectivity index (χ1n) is 5.14. The van der Waals surface area contributed by atoms with Crippen LogP contribution in [-0.4, -0.2) is 16.2 Å². The molecule has 0 saturated heterocycles. The number of hydrogen-bond acceptors (Lipinski definition) is 4. The van der Waals surface area contributed by atoms with Gasteiger partial charge in [-0.15, -0.1) is 0 Å². The number of benzene rings is 1. The van der Waals surface area contributed by atoms with Crippen LogP contribution in [0, 0.1) is 6.92 Å². The molecule has 17 heavy (non-hydrogen) atoms. The van der Waals surface area contributed by atoms with Crippen molar-refractivity contribution < 1.29 is 14.4 Å². The SMILES string of the molecule is Cc1c(O)cccc1C(=O)NCc1ccon1. The summed E-state index contributed by atoms with van der Waals surface area (Å²) in [7, 11) is 0. The van der Waals surface area contributed by atoms with Gasteiger partial charge in [-0.2, -0.15) is 0 Å². The summed E-state index contributed by atoms with van der Waals surface area (Å²) >= 11 is 0. The first kappa shape index (κ1) is 11.2. The molecule has 1 heterocycles. The van der Waals surface area contributed by atoms with Crippen molar-refractivity contribution >= 4 is 5.91 Å². The lowest BCUT2D eigenvalue weighted by molar-refractivity contribution is 0.0949. The lowest BCUT2D eigenvalue weighted by Crippen LogP contribution is -2.23. The third-order valence-electron chi connectivity index (χ3n) is 2.47. The average Bonchev–Trinajstić information content (AvgIpc) is 2.82. The number of nitrogens with one attached hydrogen (secondary N) is 1. The third kappa shape index (κ3) is 2.44. The summed E-state index contributed by atoms with van der Waals surface area (Å²) in [6.07, 6.45) is 1.45. The summed E-state index contributed by atoms with van der Waals surface area (Å²) in [6.45, 7) is 1.99. The Labute approximate surface area is 98.1 Å². The number of amides is 1. The van der Waals surface area contributed by atoms with Crippen LogP contribution in [0.5, 0.6) is 5.75 Å². The summed E-state index contributed by atoms with van der Waals surface area (Å²) < 4.78 is 4.65. The molecule has 5 heteroatoms. The molecule has 0 unspecified atom stereocenters. The number of hydrogen-bond donors (Lipinski definition) is 2. The van der Waals surface area contributed by atoms with Gasteiger partial charge in [0.15, 0.2) is 0 Å². The number of carbonyl (C=O) groups is 1. The molecule has 2 aromatic rings. The maximum absolute atomic E-state index is 11.8. The van der Waals surface area contributed by atoms with E-state index in [1.54, 1.807) is 31.2 Å². The van der Waals surface area contributed by atoms with Crippen molar-refractivity contribution in [2.75, 3.05) is 0 Å². The minimum atomic E-state index is -0.249. The van der Waals surface area contributed by atoms with E-state index >= 15 is 0 Å². The Kier molecular flexibility index (Phi) is 3.09. The molecule has 1 amide bonds. The highest BCUT2D eigenvalue weighted by Gasteiger charge is 2.11. The van der Waals surface area contributed by atoms with Gasteiger partial charge in [-0.1, -0.05) is 11.2 Å². The molecule has 0 aliphatic heterocycles. The number of rotatable bonds is 3. The van der Waals surface area contributed by atoms with Gasteiger partial charge in [-0.3, -0.25) is 4.79 Å². The molecule has 0 aliphatic carbocycles. The minimum Gasteiger partial charge on any atom is -0.508 e. The quantitative estimate of drug-likeness (QED) is 0.843. The summed E-state index contributed by atoms with van der Waals surface area (Å²) in [4.78, 5) is 11.8. The van der Waals surface area contributed by atoms with E-state index in [0.717, 1.165) is 0 Å². The van der Waals surface area contributed by atoms with Gasteiger partial charge in [0, 0.05) is 17.2 Å². The molecule has 2 rings (SSSR count). The van der Waals surface area contributed by atoms with Crippen LogP contribution in [0.15, 0.2) is 35.1 Å². The van der Waals surface area contributed by atoms with E-state index < -0.39 is 0 Å². The lowest BCUT2D eigenvalue weighted by atomic mass is 10.1. The number of nitrogens with zero attached hydrogens (tertiary/aromatic N) is 1. The maximum Gasteiger partial charge on any atom is 0.252 e. The second kappa shape index (κ2) is 4.69. The second-order valence-electron chi connectivity index (χ2n) is 3.62. The number of aromatic nitrogens is 1. The van der Waals surface area contributed by atoms with Crippen LogP contribution in [0.1, 0.15) is 21.6 Å². The molecular weight excluding hydrogens is 220 g/mol. The summed E-state index contributed by atoms with van der Waals surface area (Å²) in [5.74, 6) is -0.138. The molecule has 0 bridgehead atoms. The van der Waals surface area contributed by atoms with E-state index in [9.17, 15) is 9.90 Å². The van der Waals surface area contributed by atoms with Crippen molar-refractivity contribution in [1.29, 1.82) is 0 Å². The first-order chi connectivity index (χ1) is 8.18. The van der Waals surface area contributed by atoms with Gasteiger partial charge in [0.25, 0.3) is 5.91 Å². The van der Waals surface area contributed by atoms with E-state index in [-0.39, 0.29) is 11.7 Å². The molecule has 1 aromatic carbocycles. The molecule has 0 saturated carbocycles. The van der Waals surface area contributed by atoms with Crippen LogP contribution in [0.4, 0.5) is 0 Å². The van der Waals surface area contributed by atoms with Crippen LogP contribution < -0.4 is 5.32 Å². The predicted octanol–water partition coefficient (Wildman–Crippen LogP) is 1.62. The summed E-state index contributed by atoms with van der Waals surface area (Å²) in [5, 5.41) is 15.9. The Balaban J connectivity index is 2.07. The number of phenols is 1. The Morgan fingerprint density at radius 1 is 1.47 bits per heavy atom. The van der Waals surface area contributed by atoms with Gasteiger partial charge in [0.2, 0.25) is 0 Å². The van der Waals surface area contributed by atoms with Crippen LogP contribution in [-0.2, 0) is 6.54 Å². The fourth-order valence-corrected chi connectivity index (χ4v) is 1.46. The summed E-state index contributed by atoms with van der Waals surface area (Å²) in [6, 6.07) is 6.51. The molecule has 0 atom stereocenters. The van der Waals surface area contributed by atoms with Crippen LogP contribution >= 0.6 is 0 Å². The summed E-state index contributed by atoms with van der Waals surface area (Å²) in [5.41, 5.74) is 1.66. The Morgan fingerprint density at radius 3 is 3.00 bits per heavy atom. The molecule has 0 fully saturated rings. The Bertz CT molecular complexity index is 521. The number of aromatic hydroxyl groups is 1. The molecule has 0 radical (unpaired) electrons. The molecule has 88 valence electrons. The van der Waals surface area contributed by atoms with Crippen molar-refractivity contribution in [1.82, 2.24) is 10.5 Å². The minimum absolute atomic E-state index is 0.110. The van der Waals surface area contributed by atoms with Crippen LogP contribution in [0.2, 0.25) is 0 Å². The zero-order valence-corrected chi connectivity index (χ0v) is 9.30. The number of carbonyl (C=O) groups excluding carboxylic acids is 1. The predicted molar refractivity (Wildman–Crippen MR) is 60.5 cm³/mol. The van der Waals surface area contributed by atoms with Gasteiger partial charge in [0.1, 0.15) is 17.7 Å². The van der Waals surface area contributed by atoms with E-state index in [1.165, 1.54) is 6.26 Å². The maximum atomic E-state index is 11.8. The molecular formula is C12H12N2O3. The van der Waals surface area contributed by atoms with Gasteiger partial charge in [-0.05, 0) is 19.1 Å². The van der Waals surface area contributed by atoms with Crippen LogP contribution in [0.3, 0.4) is 0 Å². The molecule has 0 spiro atoms. The highest BCUT2D eigenvalue weighted by Crippen LogP contribution is 2.19. The van der Waals surface area contributed by atoms with Gasteiger partial charge in [-0.25, -0.2) is 0 Å². The molecule has 0 aliphatic rings. The van der Waals surface area contributed by atoms with Crippen molar-refractivity contribution in [2.45, 2.75) is 13.5 Å². The molecule has 5 nitrogen and oxygen atoms in total. The smallest absolute Gasteiger partial charge is 0.252 e. The number of phenolic OH excluding ortho intramolecular Hbond substituents is 1. The van der Waals surface area contributed by atoms with E-state index in [0.29, 0.717) is 23.4 Å². The zero-order valence-electron chi connectivity index (χ0n) is 9.30. The Hall–Kier alpha value is -2.30. The van der Waals surface area contributed by atoms with Crippen molar-refractivity contribution in [3.8, 4) is 5.75 Å². The second-order valence-corrected chi connectivity index (χ2v) is 3.62. The van der Waals surface area contributed by atoms with Gasteiger partial charge < -0.3 is 14.9 Å². The normalized spacial score (nSPS) is 10.2. The fraction of sp³-hybridized carbons (Fsp3) is 0.167. The van der Waals surface area contributed by atoms with Crippen LogP contribution in [0.25, 0.3) is 0 Å². The molecule has 2 N–H and O–H groups in total. The average molecular weight is 232 g/mol. The van der Waals surface area contributed by atoms with E-state index in [4.69, 9.17) is 0 Å². The van der Waals surface area contributed by atoms with E-state index in [2.05, 4.69) is 15.0 Å². The highest BCUT2D eigenvalue weighted by atomic mass is 16.5. The zero-order chi connectivity index (χ0) is 12.3.